The second-order valence-electron chi connectivity index (χ2n) is 1.91. The van der Waals surface area contributed by atoms with Crippen molar-refractivity contribution in [3.05, 3.63) is 12.2 Å². The Morgan fingerprint density at radius 2 is 2.60 bits per heavy atom. The molecule has 0 aliphatic carbocycles. The van der Waals surface area contributed by atoms with Gasteiger partial charge in [0.1, 0.15) is 5.84 Å². The van der Waals surface area contributed by atoms with Crippen LogP contribution in [0.25, 0.3) is 0 Å². The summed E-state index contributed by atoms with van der Waals surface area (Å²) < 4.78 is 1.67. The van der Waals surface area contributed by atoms with E-state index in [2.05, 4.69) is 5.10 Å². The summed E-state index contributed by atoms with van der Waals surface area (Å²) in [4.78, 5) is 0. The Morgan fingerprint density at radius 1 is 1.80 bits per heavy atom. The normalized spacial score (nSPS) is 18.9. The van der Waals surface area contributed by atoms with Crippen LogP contribution in [-0.4, -0.2) is 21.6 Å². The van der Waals surface area contributed by atoms with Gasteiger partial charge in [-0.25, -0.2) is 5.01 Å². The summed E-state index contributed by atoms with van der Waals surface area (Å²) in [5, 5.41) is 13.0. The standard InChI is InChI=1S/C6H8IN3/c7-5-9-10-4-2-1-3-6(10)8/h1,3,5,8H,2,4H2/b8-6?,9-5-. The van der Waals surface area contributed by atoms with Gasteiger partial charge in [-0.1, -0.05) is 6.08 Å². The Morgan fingerprint density at radius 3 is 3.20 bits per heavy atom. The van der Waals surface area contributed by atoms with Crippen LogP contribution in [0.5, 0.6) is 0 Å². The number of rotatable bonds is 1. The van der Waals surface area contributed by atoms with Crippen molar-refractivity contribution in [2.24, 2.45) is 5.10 Å². The molecule has 0 saturated heterocycles. The SMILES string of the molecule is N=C1C=CCCN1/N=C\I. The predicted octanol–water partition coefficient (Wildman–Crippen LogP) is 1.60. The van der Waals surface area contributed by atoms with Crippen LogP contribution >= 0.6 is 22.6 Å². The number of hydrogen-bond donors (Lipinski definition) is 1. The van der Waals surface area contributed by atoms with E-state index >= 15 is 0 Å². The van der Waals surface area contributed by atoms with E-state index in [4.69, 9.17) is 5.41 Å². The third-order valence-corrected chi connectivity index (χ3v) is 1.49. The van der Waals surface area contributed by atoms with Gasteiger partial charge in [0.2, 0.25) is 0 Å². The van der Waals surface area contributed by atoms with Crippen LogP contribution in [-0.2, 0) is 0 Å². The van der Waals surface area contributed by atoms with Crippen molar-refractivity contribution >= 4 is 32.6 Å². The van der Waals surface area contributed by atoms with E-state index in [-0.39, 0.29) is 0 Å². The molecule has 1 aliphatic heterocycles. The zero-order valence-electron chi connectivity index (χ0n) is 5.42. The van der Waals surface area contributed by atoms with Crippen molar-refractivity contribution in [1.82, 2.24) is 5.01 Å². The van der Waals surface area contributed by atoms with Gasteiger partial charge in [0, 0.05) is 6.54 Å². The summed E-state index contributed by atoms with van der Waals surface area (Å²) in [7, 11) is 0. The molecule has 1 heterocycles. The Bertz CT molecular complexity index is 185. The molecule has 3 nitrogen and oxygen atoms in total. The fourth-order valence-electron chi connectivity index (χ4n) is 0.771. The minimum Gasteiger partial charge on any atom is -0.283 e. The lowest BCUT2D eigenvalue weighted by Gasteiger charge is -2.19. The fraction of sp³-hybridized carbons (Fsp3) is 0.333. The highest BCUT2D eigenvalue weighted by Gasteiger charge is 2.06. The molecule has 0 fully saturated rings. The largest absolute Gasteiger partial charge is 0.283 e. The van der Waals surface area contributed by atoms with E-state index in [0.717, 1.165) is 13.0 Å². The quantitative estimate of drug-likeness (QED) is 0.556. The highest BCUT2D eigenvalue weighted by atomic mass is 127. The maximum Gasteiger partial charge on any atom is 0.140 e. The maximum atomic E-state index is 7.37. The first-order valence-electron chi connectivity index (χ1n) is 3.00. The molecule has 0 amide bonds. The summed E-state index contributed by atoms with van der Waals surface area (Å²) in [6.45, 7) is 0.828. The van der Waals surface area contributed by atoms with Crippen molar-refractivity contribution in [1.29, 1.82) is 5.41 Å². The average molecular weight is 249 g/mol. The third-order valence-electron chi connectivity index (χ3n) is 1.24. The van der Waals surface area contributed by atoms with E-state index in [1.54, 1.807) is 15.3 Å². The van der Waals surface area contributed by atoms with E-state index in [1.165, 1.54) is 0 Å². The molecule has 0 atom stereocenters. The second-order valence-corrected chi connectivity index (χ2v) is 2.47. The molecule has 1 rings (SSSR count). The van der Waals surface area contributed by atoms with Gasteiger partial charge in [0.25, 0.3) is 0 Å². The van der Waals surface area contributed by atoms with Crippen LogP contribution in [0.1, 0.15) is 6.42 Å². The zero-order chi connectivity index (χ0) is 7.40. The molecule has 1 N–H and O–H groups in total. The molecule has 54 valence electrons. The van der Waals surface area contributed by atoms with Crippen LogP contribution in [0.4, 0.5) is 0 Å². The monoisotopic (exact) mass is 249 g/mol. The molecule has 0 aromatic carbocycles. The maximum absolute atomic E-state index is 7.37. The zero-order valence-corrected chi connectivity index (χ0v) is 7.58. The second kappa shape index (κ2) is 3.70. The molecule has 0 unspecified atom stereocenters. The average Bonchev–Trinajstić information content (AvgIpc) is 1.94. The lowest BCUT2D eigenvalue weighted by atomic mass is 10.3. The smallest absolute Gasteiger partial charge is 0.140 e. The molecule has 0 spiro atoms. The molecule has 0 saturated carbocycles. The summed E-state index contributed by atoms with van der Waals surface area (Å²) in [6, 6.07) is 0. The highest BCUT2D eigenvalue weighted by Crippen LogP contribution is 2.02. The molecule has 4 heteroatoms. The fourth-order valence-corrected chi connectivity index (χ4v) is 1.07. The van der Waals surface area contributed by atoms with Crippen LogP contribution < -0.4 is 0 Å². The molecule has 0 radical (unpaired) electrons. The van der Waals surface area contributed by atoms with Gasteiger partial charge >= 0.3 is 0 Å². The van der Waals surface area contributed by atoms with E-state index in [9.17, 15) is 0 Å². The number of amidine groups is 1. The highest BCUT2D eigenvalue weighted by molar-refractivity contribution is 14.1. The number of halogens is 1. The van der Waals surface area contributed by atoms with Gasteiger partial charge in [0.15, 0.2) is 0 Å². The Balaban J connectivity index is 2.61. The number of hydrogen-bond acceptors (Lipinski definition) is 2. The Labute approximate surface area is 73.4 Å². The summed E-state index contributed by atoms with van der Waals surface area (Å²) in [6.07, 6.45) is 4.74. The van der Waals surface area contributed by atoms with Crippen molar-refractivity contribution in [3.8, 4) is 0 Å². The summed E-state index contributed by atoms with van der Waals surface area (Å²) >= 11 is 2.05. The van der Waals surface area contributed by atoms with Crippen molar-refractivity contribution in [2.45, 2.75) is 6.42 Å². The Kier molecular flexibility index (Phi) is 2.85. The predicted molar refractivity (Wildman–Crippen MR) is 50.7 cm³/mol. The van der Waals surface area contributed by atoms with Gasteiger partial charge in [-0.05, 0) is 35.1 Å². The summed E-state index contributed by atoms with van der Waals surface area (Å²) in [5.41, 5.74) is 0. The third kappa shape index (κ3) is 1.80. The van der Waals surface area contributed by atoms with Crippen molar-refractivity contribution in [3.63, 3.8) is 0 Å². The lowest BCUT2D eigenvalue weighted by Crippen LogP contribution is -2.26. The van der Waals surface area contributed by atoms with Gasteiger partial charge < -0.3 is 0 Å². The van der Waals surface area contributed by atoms with E-state index in [1.807, 2.05) is 28.7 Å². The van der Waals surface area contributed by atoms with Gasteiger partial charge in [0.05, 0.1) is 4.22 Å². The topological polar surface area (TPSA) is 39.5 Å². The molecule has 1 aliphatic rings. The lowest BCUT2D eigenvalue weighted by molar-refractivity contribution is 0.448. The van der Waals surface area contributed by atoms with Gasteiger partial charge in [-0.2, -0.15) is 5.10 Å². The Hall–Kier alpha value is -0.390. The van der Waals surface area contributed by atoms with Crippen molar-refractivity contribution in [2.75, 3.05) is 6.54 Å². The number of nitrogens with one attached hydrogen (secondary N) is 1. The van der Waals surface area contributed by atoms with E-state index < -0.39 is 0 Å². The van der Waals surface area contributed by atoms with Crippen LogP contribution in [0.2, 0.25) is 0 Å². The van der Waals surface area contributed by atoms with Crippen LogP contribution in [0, 0.1) is 5.41 Å². The molecule has 10 heavy (non-hydrogen) atoms. The minimum absolute atomic E-state index is 0.471. The first-order valence-corrected chi connectivity index (χ1v) is 4.24. The first kappa shape index (κ1) is 7.71. The molecular weight excluding hydrogens is 241 g/mol. The number of hydrazone groups is 1. The van der Waals surface area contributed by atoms with Gasteiger partial charge in [-0.3, -0.25) is 5.41 Å². The van der Waals surface area contributed by atoms with Crippen molar-refractivity contribution < 1.29 is 0 Å². The van der Waals surface area contributed by atoms with Crippen LogP contribution in [0.15, 0.2) is 17.3 Å². The molecule has 0 bridgehead atoms. The summed E-state index contributed by atoms with van der Waals surface area (Å²) in [5.74, 6) is 0.471. The van der Waals surface area contributed by atoms with Gasteiger partial charge in [-0.15, -0.1) is 0 Å². The molecule has 0 aromatic rings. The minimum atomic E-state index is 0.471. The first-order chi connectivity index (χ1) is 4.84. The van der Waals surface area contributed by atoms with E-state index in [0.29, 0.717) is 5.84 Å². The number of nitrogens with zero attached hydrogens (tertiary/aromatic N) is 2. The van der Waals surface area contributed by atoms with Crippen LogP contribution in [0.3, 0.4) is 0 Å². The molecular formula is C6H8IN3. The molecule has 0 aromatic heterocycles.